The number of hydrogen-bond acceptors (Lipinski definition) is 4. The zero-order chi connectivity index (χ0) is 12.4. The molecule has 2 N–H and O–H groups in total. The summed E-state index contributed by atoms with van der Waals surface area (Å²) in [6, 6.07) is 6.22. The minimum atomic E-state index is -0.598. The Morgan fingerprint density at radius 3 is 2.88 bits per heavy atom. The van der Waals surface area contributed by atoms with Crippen LogP contribution in [0.25, 0.3) is 0 Å². The van der Waals surface area contributed by atoms with Crippen LogP contribution < -0.4 is 15.4 Å². The van der Waals surface area contributed by atoms with Crippen LogP contribution in [0, 0.1) is 0 Å². The lowest BCUT2D eigenvalue weighted by molar-refractivity contribution is -0.130. The molecule has 1 aliphatic rings. The maximum absolute atomic E-state index is 11.9. The predicted molar refractivity (Wildman–Crippen MR) is 62.7 cm³/mol. The van der Waals surface area contributed by atoms with E-state index in [4.69, 9.17) is 10.5 Å². The molecule has 5 heteroatoms. The third-order valence-electron chi connectivity index (χ3n) is 2.77. The Morgan fingerprint density at radius 1 is 1.41 bits per heavy atom. The summed E-state index contributed by atoms with van der Waals surface area (Å²) in [7, 11) is 1.53. The Kier molecular flexibility index (Phi) is 3.10. The highest BCUT2D eigenvalue weighted by Gasteiger charge is 2.33. The first-order chi connectivity index (χ1) is 8.13. The molecule has 1 aromatic carbocycles. The van der Waals surface area contributed by atoms with Crippen LogP contribution in [0.15, 0.2) is 24.3 Å². The molecule has 90 valence electrons. The second kappa shape index (κ2) is 4.55. The molecule has 0 radical (unpaired) electrons. The van der Waals surface area contributed by atoms with Gasteiger partial charge in [0.1, 0.15) is 5.75 Å². The van der Waals surface area contributed by atoms with Crippen LogP contribution >= 0.6 is 0 Å². The largest absolute Gasteiger partial charge is 0.497 e. The predicted octanol–water partition coefficient (Wildman–Crippen LogP) is 0.676. The van der Waals surface area contributed by atoms with Gasteiger partial charge in [0.05, 0.1) is 18.8 Å². The van der Waals surface area contributed by atoms with Crippen molar-refractivity contribution >= 4 is 17.5 Å². The van der Waals surface area contributed by atoms with Gasteiger partial charge in [-0.3, -0.25) is 9.59 Å². The zero-order valence-electron chi connectivity index (χ0n) is 9.55. The SMILES string of the molecule is COc1cccc(N2C(=O)CC[C@H](N)C2=O)c1. The Hall–Kier alpha value is -1.88. The van der Waals surface area contributed by atoms with Gasteiger partial charge in [-0.05, 0) is 18.6 Å². The quantitative estimate of drug-likeness (QED) is 0.763. The highest BCUT2D eigenvalue weighted by atomic mass is 16.5. The fourth-order valence-electron chi connectivity index (χ4n) is 1.82. The van der Waals surface area contributed by atoms with Crippen LogP contribution in [-0.2, 0) is 9.59 Å². The molecule has 0 aliphatic carbocycles. The molecule has 2 rings (SSSR count). The van der Waals surface area contributed by atoms with Gasteiger partial charge >= 0.3 is 0 Å². The van der Waals surface area contributed by atoms with E-state index in [0.717, 1.165) is 4.90 Å². The number of amides is 2. The number of carbonyl (C=O) groups excluding carboxylic acids is 2. The average Bonchev–Trinajstić information content (AvgIpc) is 2.35. The van der Waals surface area contributed by atoms with Gasteiger partial charge in [-0.25, -0.2) is 4.90 Å². The minimum Gasteiger partial charge on any atom is -0.497 e. The number of hydrogen-bond donors (Lipinski definition) is 1. The van der Waals surface area contributed by atoms with Gasteiger partial charge < -0.3 is 10.5 Å². The summed E-state index contributed by atoms with van der Waals surface area (Å²) in [5.74, 6) is 0.0294. The molecule has 0 saturated carbocycles. The zero-order valence-corrected chi connectivity index (χ0v) is 9.55. The van der Waals surface area contributed by atoms with Crippen LogP contribution in [0.2, 0.25) is 0 Å². The molecule has 1 saturated heterocycles. The summed E-state index contributed by atoms with van der Waals surface area (Å²) < 4.78 is 5.06. The fourth-order valence-corrected chi connectivity index (χ4v) is 1.82. The van der Waals surface area contributed by atoms with E-state index in [9.17, 15) is 9.59 Å². The van der Waals surface area contributed by atoms with E-state index in [1.54, 1.807) is 24.3 Å². The number of piperidine rings is 1. The van der Waals surface area contributed by atoms with Gasteiger partial charge in [-0.1, -0.05) is 6.07 Å². The van der Waals surface area contributed by atoms with Crippen LogP contribution in [0.5, 0.6) is 5.75 Å². The number of imide groups is 1. The van der Waals surface area contributed by atoms with Gasteiger partial charge in [0.25, 0.3) is 5.91 Å². The van der Waals surface area contributed by atoms with E-state index in [2.05, 4.69) is 0 Å². The van der Waals surface area contributed by atoms with Crippen molar-refractivity contribution in [2.45, 2.75) is 18.9 Å². The van der Waals surface area contributed by atoms with Crippen molar-refractivity contribution < 1.29 is 14.3 Å². The van der Waals surface area contributed by atoms with E-state index >= 15 is 0 Å². The Morgan fingerprint density at radius 2 is 2.18 bits per heavy atom. The normalized spacial score (nSPS) is 20.6. The third-order valence-corrected chi connectivity index (χ3v) is 2.77. The van der Waals surface area contributed by atoms with Crippen molar-refractivity contribution in [2.24, 2.45) is 5.73 Å². The molecule has 1 aromatic rings. The number of anilines is 1. The van der Waals surface area contributed by atoms with Crippen molar-refractivity contribution in [3.8, 4) is 5.75 Å². The summed E-state index contributed by atoms with van der Waals surface area (Å²) in [6.45, 7) is 0. The van der Waals surface area contributed by atoms with Crippen molar-refractivity contribution in [3.05, 3.63) is 24.3 Å². The molecule has 5 nitrogen and oxygen atoms in total. The van der Waals surface area contributed by atoms with E-state index in [-0.39, 0.29) is 11.8 Å². The number of methoxy groups -OCH3 is 1. The molecule has 1 atom stereocenters. The molecular weight excluding hydrogens is 220 g/mol. The topological polar surface area (TPSA) is 72.6 Å². The Bertz CT molecular complexity index is 459. The number of carbonyl (C=O) groups is 2. The number of nitrogens with zero attached hydrogens (tertiary/aromatic N) is 1. The minimum absolute atomic E-state index is 0.218. The lowest BCUT2D eigenvalue weighted by Gasteiger charge is -2.28. The summed E-state index contributed by atoms with van der Waals surface area (Å²) in [6.07, 6.45) is 0.711. The highest BCUT2D eigenvalue weighted by Crippen LogP contribution is 2.25. The van der Waals surface area contributed by atoms with Crippen LogP contribution in [0.1, 0.15) is 12.8 Å². The molecule has 2 amide bonds. The number of nitrogens with two attached hydrogens (primary N) is 1. The molecule has 1 aliphatic heterocycles. The molecule has 0 spiro atoms. The van der Waals surface area contributed by atoms with Gasteiger partial charge in [-0.2, -0.15) is 0 Å². The third kappa shape index (κ3) is 2.14. The number of benzene rings is 1. The smallest absolute Gasteiger partial charge is 0.250 e. The van der Waals surface area contributed by atoms with E-state index in [1.165, 1.54) is 7.11 Å². The maximum atomic E-state index is 11.9. The molecule has 0 unspecified atom stereocenters. The molecule has 1 heterocycles. The Labute approximate surface area is 99.2 Å². The monoisotopic (exact) mass is 234 g/mol. The first-order valence-corrected chi connectivity index (χ1v) is 5.40. The van der Waals surface area contributed by atoms with Crippen molar-refractivity contribution in [1.29, 1.82) is 0 Å². The molecule has 0 bridgehead atoms. The number of ether oxygens (including phenoxy) is 1. The molecule has 17 heavy (non-hydrogen) atoms. The highest BCUT2D eigenvalue weighted by molar-refractivity contribution is 6.18. The standard InChI is InChI=1S/C12H14N2O3/c1-17-9-4-2-3-8(7-9)14-11(15)6-5-10(13)12(14)16/h2-4,7,10H,5-6,13H2,1H3/t10-/m0/s1. The Balaban J connectivity index is 2.36. The van der Waals surface area contributed by atoms with Gasteiger partial charge in [0.2, 0.25) is 5.91 Å². The van der Waals surface area contributed by atoms with E-state index < -0.39 is 6.04 Å². The molecule has 1 fully saturated rings. The van der Waals surface area contributed by atoms with Crippen molar-refractivity contribution in [2.75, 3.05) is 12.0 Å². The second-order valence-electron chi connectivity index (χ2n) is 3.91. The van der Waals surface area contributed by atoms with Crippen LogP contribution in [0.4, 0.5) is 5.69 Å². The van der Waals surface area contributed by atoms with Crippen molar-refractivity contribution in [1.82, 2.24) is 0 Å². The van der Waals surface area contributed by atoms with E-state index in [0.29, 0.717) is 24.3 Å². The van der Waals surface area contributed by atoms with E-state index in [1.807, 2.05) is 0 Å². The maximum Gasteiger partial charge on any atom is 0.250 e. The van der Waals surface area contributed by atoms with Crippen LogP contribution in [0.3, 0.4) is 0 Å². The molecular formula is C12H14N2O3. The fraction of sp³-hybridized carbons (Fsp3) is 0.333. The molecule has 0 aromatic heterocycles. The first-order valence-electron chi connectivity index (χ1n) is 5.40. The second-order valence-corrected chi connectivity index (χ2v) is 3.91. The summed E-state index contributed by atoms with van der Waals surface area (Å²) in [5.41, 5.74) is 6.17. The summed E-state index contributed by atoms with van der Waals surface area (Å²) in [4.78, 5) is 24.8. The first kappa shape index (κ1) is 11.6. The van der Waals surface area contributed by atoms with Gasteiger partial charge in [-0.15, -0.1) is 0 Å². The average molecular weight is 234 g/mol. The number of rotatable bonds is 2. The van der Waals surface area contributed by atoms with Crippen molar-refractivity contribution in [3.63, 3.8) is 0 Å². The van der Waals surface area contributed by atoms with Gasteiger partial charge in [0, 0.05) is 12.5 Å². The summed E-state index contributed by atoms with van der Waals surface area (Å²) in [5, 5.41) is 0. The summed E-state index contributed by atoms with van der Waals surface area (Å²) >= 11 is 0. The van der Waals surface area contributed by atoms with Gasteiger partial charge in [0.15, 0.2) is 0 Å². The lowest BCUT2D eigenvalue weighted by Crippen LogP contribution is -2.51. The van der Waals surface area contributed by atoms with Crippen LogP contribution in [-0.4, -0.2) is 25.0 Å². The lowest BCUT2D eigenvalue weighted by atomic mass is 10.0.